The third-order valence-corrected chi connectivity index (χ3v) is 3.63. The highest BCUT2D eigenvalue weighted by molar-refractivity contribution is 5.76. The molecule has 3 rings (SSSR count). The van der Waals surface area contributed by atoms with Gasteiger partial charge < -0.3 is 10.4 Å². The van der Waals surface area contributed by atoms with E-state index in [1.807, 2.05) is 60.7 Å². The summed E-state index contributed by atoms with van der Waals surface area (Å²) in [5.41, 5.74) is 2.52. The minimum Gasteiger partial charge on any atom is -0.394 e. The van der Waals surface area contributed by atoms with Crippen LogP contribution in [0.2, 0.25) is 0 Å². The van der Waals surface area contributed by atoms with Crippen molar-refractivity contribution < 1.29 is 9.90 Å². The lowest BCUT2D eigenvalue weighted by molar-refractivity contribution is -0.123. The third-order valence-electron chi connectivity index (χ3n) is 3.63. The summed E-state index contributed by atoms with van der Waals surface area (Å²) in [5.74, 6) is -0.234. The van der Waals surface area contributed by atoms with Crippen molar-refractivity contribution in [2.45, 2.75) is 12.6 Å². The van der Waals surface area contributed by atoms with Crippen molar-refractivity contribution in [1.82, 2.24) is 20.3 Å². The zero-order chi connectivity index (χ0) is 16.8. The smallest absolute Gasteiger partial charge is 0.242 e. The molecule has 6 heteroatoms. The average Bonchev–Trinajstić information content (AvgIpc) is 3.09. The molecule has 0 radical (unpaired) electrons. The summed E-state index contributed by atoms with van der Waals surface area (Å²) < 4.78 is 1.48. The summed E-state index contributed by atoms with van der Waals surface area (Å²) in [5, 5.41) is 20.4. The van der Waals surface area contributed by atoms with Crippen molar-refractivity contribution >= 4 is 5.91 Å². The van der Waals surface area contributed by atoms with Gasteiger partial charge in [-0.15, -0.1) is 5.10 Å². The third kappa shape index (κ3) is 3.85. The summed E-state index contributed by atoms with van der Waals surface area (Å²) in [6.45, 7) is -0.120. The van der Waals surface area contributed by atoms with Crippen LogP contribution >= 0.6 is 0 Å². The molecule has 1 atom stereocenters. The number of rotatable bonds is 6. The summed E-state index contributed by atoms with van der Waals surface area (Å²) >= 11 is 0. The van der Waals surface area contributed by atoms with Gasteiger partial charge in [-0.25, -0.2) is 4.68 Å². The molecule has 0 aliphatic rings. The van der Waals surface area contributed by atoms with Crippen LogP contribution in [-0.2, 0) is 11.3 Å². The molecule has 0 bridgehead atoms. The van der Waals surface area contributed by atoms with E-state index < -0.39 is 6.04 Å². The van der Waals surface area contributed by atoms with Gasteiger partial charge in [0.25, 0.3) is 0 Å². The maximum Gasteiger partial charge on any atom is 0.242 e. The lowest BCUT2D eigenvalue weighted by Gasteiger charge is -2.16. The predicted molar refractivity (Wildman–Crippen MR) is 89.9 cm³/mol. The Kier molecular flexibility index (Phi) is 4.98. The number of amides is 1. The molecule has 1 aromatic heterocycles. The lowest BCUT2D eigenvalue weighted by Crippen LogP contribution is -2.33. The number of aromatic nitrogens is 3. The fourth-order valence-electron chi connectivity index (χ4n) is 2.42. The molecular formula is C18H18N4O2. The zero-order valence-electron chi connectivity index (χ0n) is 13.0. The molecule has 24 heavy (non-hydrogen) atoms. The van der Waals surface area contributed by atoms with Gasteiger partial charge in [0.15, 0.2) is 0 Å². The Morgan fingerprint density at radius 2 is 1.75 bits per heavy atom. The molecule has 0 unspecified atom stereocenters. The molecule has 1 amide bonds. The maximum absolute atomic E-state index is 12.2. The first kappa shape index (κ1) is 15.9. The Morgan fingerprint density at radius 3 is 2.42 bits per heavy atom. The minimum atomic E-state index is -0.434. The Labute approximate surface area is 139 Å². The summed E-state index contributed by atoms with van der Waals surface area (Å²) in [6, 6.07) is 18.6. The van der Waals surface area contributed by atoms with Crippen LogP contribution in [0.4, 0.5) is 0 Å². The molecule has 1 heterocycles. The van der Waals surface area contributed by atoms with Gasteiger partial charge in [-0.2, -0.15) is 0 Å². The number of benzene rings is 2. The molecule has 0 saturated carbocycles. The highest BCUT2D eigenvalue weighted by Crippen LogP contribution is 2.15. The maximum atomic E-state index is 12.2. The van der Waals surface area contributed by atoms with Gasteiger partial charge in [0, 0.05) is 5.56 Å². The van der Waals surface area contributed by atoms with E-state index >= 15 is 0 Å². The van der Waals surface area contributed by atoms with Crippen LogP contribution < -0.4 is 5.32 Å². The van der Waals surface area contributed by atoms with Gasteiger partial charge in [0.05, 0.1) is 18.8 Å². The van der Waals surface area contributed by atoms with E-state index in [4.69, 9.17) is 0 Å². The van der Waals surface area contributed by atoms with Crippen LogP contribution in [0, 0.1) is 0 Å². The Balaban J connectivity index is 1.64. The number of hydrogen-bond donors (Lipinski definition) is 2. The predicted octanol–water partition coefficient (Wildman–Crippen LogP) is 1.79. The molecule has 0 aliphatic heterocycles. The standard InChI is InChI=1S/C18H18N4O2/c23-13-17(15-9-5-2-6-10-15)19-18(24)12-22-11-16(20-21-22)14-7-3-1-4-8-14/h1-11,17,23H,12-13H2,(H,19,24)/t17-/m0/s1. The van der Waals surface area contributed by atoms with E-state index in [1.54, 1.807) is 6.20 Å². The van der Waals surface area contributed by atoms with Crippen molar-refractivity contribution in [3.63, 3.8) is 0 Å². The summed E-state index contributed by atoms with van der Waals surface area (Å²) in [7, 11) is 0. The van der Waals surface area contributed by atoms with Crippen molar-refractivity contribution in [3.05, 3.63) is 72.4 Å². The van der Waals surface area contributed by atoms with Gasteiger partial charge in [-0.1, -0.05) is 65.9 Å². The first-order valence-electron chi connectivity index (χ1n) is 7.67. The van der Waals surface area contributed by atoms with Crippen molar-refractivity contribution in [2.75, 3.05) is 6.61 Å². The van der Waals surface area contributed by atoms with Crippen molar-refractivity contribution in [3.8, 4) is 11.3 Å². The number of hydrogen-bond acceptors (Lipinski definition) is 4. The number of nitrogens with zero attached hydrogens (tertiary/aromatic N) is 3. The fraction of sp³-hybridized carbons (Fsp3) is 0.167. The highest BCUT2D eigenvalue weighted by atomic mass is 16.3. The van der Waals surface area contributed by atoms with Gasteiger partial charge in [-0.05, 0) is 5.56 Å². The minimum absolute atomic E-state index is 0.0448. The van der Waals surface area contributed by atoms with Gasteiger partial charge in [-0.3, -0.25) is 4.79 Å². The van der Waals surface area contributed by atoms with E-state index in [2.05, 4.69) is 15.6 Å². The monoisotopic (exact) mass is 322 g/mol. The van der Waals surface area contributed by atoms with Crippen LogP contribution in [-0.4, -0.2) is 32.6 Å². The normalized spacial score (nSPS) is 11.9. The first-order chi connectivity index (χ1) is 11.8. The van der Waals surface area contributed by atoms with Crippen LogP contribution in [0.15, 0.2) is 66.9 Å². The van der Waals surface area contributed by atoms with Crippen LogP contribution in [0.3, 0.4) is 0 Å². The number of carbonyl (C=O) groups is 1. The largest absolute Gasteiger partial charge is 0.394 e. The SMILES string of the molecule is O=C(Cn1cc(-c2ccccc2)nn1)N[C@@H](CO)c1ccccc1. The molecule has 0 aliphatic carbocycles. The summed E-state index contributed by atoms with van der Waals surface area (Å²) in [6.07, 6.45) is 1.73. The second-order valence-corrected chi connectivity index (χ2v) is 5.38. The second-order valence-electron chi connectivity index (χ2n) is 5.38. The highest BCUT2D eigenvalue weighted by Gasteiger charge is 2.14. The topological polar surface area (TPSA) is 80.0 Å². The second kappa shape index (κ2) is 7.52. The number of aliphatic hydroxyl groups excluding tert-OH is 1. The first-order valence-corrected chi connectivity index (χ1v) is 7.67. The zero-order valence-corrected chi connectivity index (χ0v) is 13.0. The van der Waals surface area contributed by atoms with Crippen LogP contribution in [0.25, 0.3) is 11.3 Å². The van der Waals surface area contributed by atoms with Crippen molar-refractivity contribution in [2.24, 2.45) is 0 Å². The molecule has 3 aromatic rings. The van der Waals surface area contributed by atoms with Gasteiger partial charge >= 0.3 is 0 Å². The van der Waals surface area contributed by atoms with E-state index in [0.29, 0.717) is 5.69 Å². The molecular weight excluding hydrogens is 304 g/mol. The average molecular weight is 322 g/mol. The van der Waals surface area contributed by atoms with Gasteiger partial charge in [0.2, 0.25) is 5.91 Å². The lowest BCUT2D eigenvalue weighted by atomic mass is 10.1. The van der Waals surface area contributed by atoms with E-state index in [1.165, 1.54) is 4.68 Å². The molecule has 0 spiro atoms. The van der Waals surface area contributed by atoms with Gasteiger partial charge in [0.1, 0.15) is 12.2 Å². The van der Waals surface area contributed by atoms with E-state index in [0.717, 1.165) is 11.1 Å². The quantitative estimate of drug-likeness (QED) is 0.725. The number of nitrogens with one attached hydrogen (secondary N) is 1. The van der Waals surface area contributed by atoms with Crippen LogP contribution in [0.1, 0.15) is 11.6 Å². The van der Waals surface area contributed by atoms with E-state index in [-0.39, 0.29) is 19.1 Å². The Morgan fingerprint density at radius 1 is 1.08 bits per heavy atom. The van der Waals surface area contributed by atoms with Crippen molar-refractivity contribution in [1.29, 1.82) is 0 Å². The molecule has 6 nitrogen and oxygen atoms in total. The number of carbonyl (C=O) groups excluding carboxylic acids is 1. The molecule has 2 aromatic carbocycles. The Hall–Kier alpha value is -2.99. The summed E-state index contributed by atoms with van der Waals surface area (Å²) in [4.78, 5) is 12.2. The Bertz CT molecular complexity index is 787. The van der Waals surface area contributed by atoms with Crippen LogP contribution in [0.5, 0.6) is 0 Å². The number of aliphatic hydroxyl groups is 1. The fourth-order valence-corrected chi connectivity index (χ4v) is 2.42. The molecule has 122 valence electrons. The molecule has 0 fully saturated rings. The molecule has 0 saturated heterocycles. The molecule has 2 N–H and O–H groups in total. The van der Waals surface area contributed by atoms with E-state index in [9.17, 15) is 9.90 Å².